The number of hydrogen-bond acceptors (Lipinski definition) is 5. The van der Waals surface area contributed by atoms with Crippen molar-refractivity contribution in [3.8, 4) is 17.6 Å². The molecule has 3 rings (SSSR count). The zero-order valence-corrected chi connectivity index (χ0v) is 18.1. The van der Waals surface area contributed by atoms with Gasteiger partial charge in [-0.15, -0.1) is 29.4 Å². The maximum atomic E-state index is 10.7. The van der Waals surface area contributed by atoms with E-state index in [1.807, 2.05) is 47.8 Å². The highest BCUT2D eigenvalue weighted by Gasteiger charge is 2.45. The third-order valence-electron chi connectivity index (χ3n) is 5.38. The predicted octanol–water partition coefficient (Wildman–Crippen LogP) is 4.56. The highest BCUT2D eigenvalue weighted by molar-refractivity contribution is 8.18. The zero-order chi connectivity index (χ0) is 19.1. The molecule has 0 spiro atoms. The minimum absolute atomic E-state index is 0.00333. The number of para-hydroxylation sites is 1. The smallest absolute Gasteiger partial charge is 0.125 e. The highest BCUT2D eigenvalue weighted by Crippen LogP contribution is 2.52. The first-order valence-corrected chi connectivity index (χ1v) is 12.0. The Kier molecular flexibility index (Phi) is 7.84. The average Bonchev–Trinajstić information content (AvgIpc) is 2.71. The van der Waals surface area contributed by atoms with E-state index < -0.39 is 6.10 Å². The second kappa shape index (κ2) is 10.1. The molecule has 0 aromatic heterocycles. The van der Waals surface area contributed by atoms with Crippen molar-refractivity contribution in [3.63, 3.8) is 0 Å². The molecule has 27 heavy (non-hydrogen) atoms. The number of rotatable bonds is 6. The lowest BCUT2D eigenvalue weighted by atomic mass is 9.95. The SMILES string of the molecule is CCN(CC)CC#CCCC1(C2CC(O)c3ccccc3O2)SCCCS1. The summed E-state index contributed by atoms with van der Waals surface area (Å²) in [6.07, 6.45) is 3.41. The lowest BCUT2D eigenvalue weighted by molar-refractivity contribution is 0.0588. The molecule has 1 aromatic rings. The van der Waals surface area contributed by atoms with Crippen LogP contribution in [0.1, 0.15) is 51.2 Å². The van der Waals surface area contributed by atoms with E-state index >= 15 is 0 Å². The molecule has 148 valence electrons. The first-order valence-electron chi connectivity index (χ1n) is 10.1. The van der Waals surface area contributed by atoms with Gasteiger partial charge in [-0.1, -0.05) is 38.0 Å². The summed E-state index contributed by atoms with van der Waals surface area (Å²) in [4.78, 5) is 2.34. The quantitative estimate of drug-likeness (QED) is 0.702. The van der Waals surface area contributed by atoms with Crippen molar-refractivity contribution in [3.05, 3.63) is 29.8 Å². The molecule has 2 atom stereocenters. The van der Waals surface area contributed by atoms with Crippen molar-refractivity contribution in [2.24, 2.45) is 0 Å². The van der Waals surface area contributed by atoms with Crippen LogP contribution in [0, 0.1) is 11.8 Å². The molecule has 1 aromatic carbocycles. The van der Waals surface area contributed by atoms with Crippen LogP contribution in [-0.2, 0) is 0 Å². The molecule has 0 saturated carbocycles. The number of fused-ring (bicyclic) bond motifs is 1. The van der Waals surface area contributed by atoms with Crippen molar-refractivity contribution in [1.82, 2.24) is 4.90 Å². The number of benzene rings is 1. The molecule has 2 unspecified atom stereocenters. The van der Waals surface area contributed by atoms with Gasteiger partial charge in [0, 0.05) is 18.4 Å². The van der Waals surface area contributed by atoms with Crippen LogP contribution in [0.5, 0.6) is 5.75 Å². The van der Waals surface area contributed by atoms with Gasteiger partial charge in [0.25, 0.3) is 0 Å². The molecular weight excluding hydrogens is 374 g/mol. The minimum Gasteiger partial charge on any atom is -0.488 e. The van der Waals surface area contributed by atoms with Gasteiger partial charge in [-0.05, 0) is 43.5 Å². The lowest BCUT2D eigenvalue weighted by Gasteiger charge is -2.44. The van der Waals surface area contributed by atoms with Crippen LogP contribution in [0.15, 0.2) is 24.3 Å². The molecular formula is C22H31NO2S2. The molecule has 5 heteroatoms. The van der Waals surface area contributed by atoms with Crippen LogP contribution in [0.3, 0.4) is 0 Å². The summed E-state index contributed by atoms with van der Waals surface area (Å²) >= 11 is 4.03. The molecule has 0 bridgehead atoms. The summed E-state index contributed by atoms with van der Waals surface area (Å²) < 4.78 is 6.41. The summed E-state index contributed by atoms with van der Waals surface area (Å²) in [5.74, 6) is 9.90. The molecule has 0 aliphatic carbocycles. The standard InChI is InChI=1S/C22H31NO2S2/c1-3-23(4-2)14-9-5-8-13-22(26-15-10-16-27-22)21-17-19(24)18-11-6-7-12-20(18)25-21/h6-7,11-12,19,21,24H,3-4,8,10,13-17H2,1-2H3. The summed E-state index contributed by atoms with van der Waals surface area (Å²) in [5.41, 5.74) is 0.925. The second-order valence-corrected chi connectivity index (χ2v) is 10.2. The third-order valence-corrected chi connectivity index (χ3v) is 8.98. The number of aliphatic hydroxyl groups excluding tert-OH is 1. The van der Waals surface area contributed by atoms with E-state index in [4.69, 9.17) is 4.74 Å². The van der Waals surface area contributed by atoms with Gasteiger partial charge in [0.05, 0.1) is 16.7 Å². The van der Waals surface area contributed by atoms with Gasteiger partial charge in [-0.25, -0.2) is 0 Å². The van der Waals surface area contributed by atoms with Crippen LogP contribution in [-0.4, -0.2) is 51.3 Å². The van der Waals surface area contributed by atoms with E-state index in [2.05, 4.69) is 30.6 Å². The Balaban J connectivity index is 1.68. The molecule has 1 saturated heterocycles. The van der Waals surface area contributed by atoms with E-state index in [1.165, 1.54) is 6.42 Å². The van der Waals surface area contributed by atoms with Crippen LogP contribution in [0.4, 0.5) is 0 Å². The summed E-state index contributed by atoms with van der Waals surface area (Å²) in [5, 5.41) is 10.7. The van der Waals surface area contributed by atoms with Gasteiger partial charge in [-0.2, -0.15) is 0 Å². The Morgan fingerprint density at radius 1 is 1.19 bits per heavy atom. The minimum atomic E-state index is -0.436. The fraction of sp³-hybridized carbons (Fsp3) is 0.636. The Bertz CT molecular complexity index is 660. The first kappa shape index (κ1) is 20.9. The summed E-state index contributed by atoms with van der Waals surface area (Å²) in [7, 11) is 0. The normalized spacial score (nSPS) is 23.9. The first-order chi connectivity index (χ1) is 13.2. The maximum absolute atomic E-state index is 10.7. The van der Waals surface area contributed by atoms with E-state index in [0.717, 1.165) is 55.3 Å². The number of hydrogen-bond donors (Lipinski definition) is 1. The van der Waals surface area contributed by atoms with Gasteiger partial charge >= 0.3 is 0 Å². The third kappa shape index (κ3) is 5.17. The van der Waals surface area contributed by atoms with Gasteiger partial charge in [0.2, 0.25) is 0 Å². The summed E-state index contributed by atoms with van der Waals surface area (Å²) in [6, 6.07) is 7.92. The molecule has 0 radical (unpaired) electrons. The van der Waals surface area contributed by atoms with E-state index in [9.17, 15) is 5.11 Å². The van der Waals surface area contributed by atoms with Crippen LogP contribution in [0.2, 0.25) is 0 Å². The van der Waals surface area contributed by atoms with Crippen molar-refractivity contribution < 1.29 is 9.84 Å². The molecule has 2 heterocycles. The van der Waals surface area contributed by atoms with Crippen LogP contribution < -0.4 is 4.74 Å². The Labute approximate surface area is 172 Å². The van der Waals surface area contributed by atoms with Crippen LogP contribution in [0.25, 0.3) is 0 Å². The topological polar surface area (TPSA) is 32.7 Å². The maximum Gasteiger partial charge on any atom is 0.125 e. The molecule has 3 nitrogen and oxygen atoms in total. The Morgan fingerprint density at radius 2 is 1.93 bits per heavy atom. The largest absolute Gasteiger partial charge is 0.488 e. The number of aliphatic hydroxyl groups is 1. The number of ether oxygens (including phenoxy) is 1. The second-order valence-electron chi connectivity index (χ2n) is 7.07. The van der Waals surface area contributed by atoms with E-state index in [0.29, 0.717) is 6.42 Å². The highest BCUT2D eigenvalue weighted by atomic mass is 32.2. The number of nitrogens with zero attached hydrogens (tertiary/aromatic N) is 1. The van der Waals surface area contributed by atoms with Gasteiger partial charge < -0.3 is 9.84 Å². The van der Waals surface area contributed by atoms with Crippen molar-refractivity contribution >= 4 is 23.5 Å². The van der Waals surface area contributed by atoms with E-state index in [-0.39, 0.29) is 10.2 Å². The fourth-order valence-corrected chi connectivity index (χ4v) is 7.12. The summed E-state index contributed by atoms with van der Waals surface area (Å²) in [6.45, 7) is 7.31. The molecule has 1 N–H and O–H groups in total. The van der Waals surface area contributed by atoms with Crippen molar-refractivity contribution in [2.75, 3.05) is 31.1 Å². The van der Waals surface area contributed by atoms with Crippen LogP contribution >= 0.6 is 23.5 Å². The fourth-order valence-electron chi connectivity index (χ4n) is 3.69. The molecule has 1 fully saturated rings. The monoisotopic (exact) mass is 405 g/mol. The average molecular weight is 406 g/mol. The molecule has 2 aliphatic rings. The Morgan fingerprint density at radius 3 is 2.67 bits per heavy atom. The van der Waals surface area contributed by atoms with Gasteiger partial charge in [0.15, 0.2) is 0 Å². The number of thioether (sulfide) groups is 2. The molecule has 0 amide bonds. The van der Waals surface area contributed by atoms with Gasteiger partial charge in [-0.3, -0.25) is 4.90 Å². The van der Waals surface area contributed by atoms with Crippen molar-refractivity contribution in [2.45, 2.75) is 55.8 Å². The zero-order valence-electron chi connectivity index (χ0n) is 16.4. The predicted molar refractivity (Wildman–Crippen MR) is 117 cm³/mol. The van der Waals surface area contributed by atoms with Gasteiger partial charge in [0.1, 0.15) is 11.9 Å². The van der Waals surface area contributed by atoms with E-state index in [1.54, 1.807) is 0 Å². The molecule has 2 aliphatic heterocycles. The van der Waals surface area contributed by atoms with Crippen molar-refractivity contribution in [1.29, 1.82) is 0 Å². The Hall–Kier alpha value is -0.800. The lowest BCUT2D eigenvalue weighted by Crippen LogP contribution is -2.45.